The third kappa shape index (κ3) is 2.51. The predicted octanol–water partition coefficient (Wildman–Crippen LogP) is 0.252. The normalized spacial score (nSPS) is 9.50. The number of rotatable bonds is 3. The molecule has 4 nitrogen and oxygen atoms in total. The summed E-state index contributed by atoms with van der Waals surface area (Å²) >= 11 is 4.80. The van der Waals surface area contributed by atoms with Crippen molar-refractivity contribution in [1.29, 1.82) is 0 Å². The number of carbonyl (C=O) groups is 1. The minimum Gasteiger partial charge on any atom is -0.389 e. The molecule has 4 N–H and O–H groups in total. The van der Waals surface area contributed by atoms with Crippen LogP contribution in [-0.4, -0.2) is 22.6 Å². The van der Waals surface area contributed by atoms with Crippen LogP contribution in [0.2, 0.25) is 0 Å². The molecule has 0 fully saturated rings. The van der Waals surface area contributed by atoms with Crippen molar-refractivity contribution >= 4 is 28.8 Å². The van der Waals surface area contributed by atoms with Crippen molar-refractivity contribution in [3.63, 3.8) is 0 Å². The first-order valence-corrected chi connectivity index (χ1v) is 4.35. The van der Waals surface area contributed by atoms with Gasteiger partial charge in [0.2, 0.25) is 5.91 Å². The second kappa shape index (κ2) is 4.69. The van der Waals surface area contributed by atoms with E-state index in [4.69, 9.17) is 23.1 Å². The molecule has 0 unspecified atom stereocenters. The summed E-state index contributed by atoms with van der Waals surface area (Å²) in [5.74, 6) is -0.492. The lowest BCUT2D eigenvalue weighted by Gasteiger charge is -2.08. The molecule has 0 saturated carbocycles. The molecule has 1 amide bonds. The minimum atomic E-state index is -0.564. The molecular formula is C9H10N2O2S. The van der Waals surface area contributed by atoms with Crippen LogP contribution in [0.5, 0.6) is 0 Å². The second-order valence-electron chi connectivity index (χ2n) is 2.62. The Kier molecular flexibility index (Phi) is 3.55. The van der Waals surface area contributed by atoms with Crippen molar-refractivity contribution in [2.24, 2.45) is 5.73 Å². The van der Waals surface area contributed by atoms with E-state index in [0.29, 0.717) is 11.3 Å². The maximum atomic E-state index is 10.9. The fraction of sp³-hybridized carbons (Fsp3) is 0.111. The number of benzene rings is 1. The first-order valence-electron chi connectivity index (χ1n) is 3.94. The number of aliphatic hydroxyl groups excluding tert-OH is 1. The standard InChI is InChI=1S/C9H10N2O2S/c10-9(14)6-3-1-2-4-7(6)11-8(13)5-12/h1-4,12H,5H2,(H2,10,14)(H,11,13). The molecule has 0 bridgehead atoms. The minimum absolute atomic E-state index is 0.207. The van der Waals surface area contributed by atoms with Gasteiger partial charge >= 0.3 is 0 Å². The van der Waals surface area contributed by atoms with Gasteiger partial charge in [-0.15, -0.1) is 0 Å². The van der Waals surface area contributed by atoms with Gasteiger partial charge in [-0.05, 0) is 12.1 Å². The smallest absolute Gasteiger partial charge is 0.250 e. The Hall–Kier alpha value is -1.46. The number of amides is 1. The van der Waals surface area contributed by atoms with Gasteiger partial charge in [0.25, 0.3) is 0 Å². The summed E-state index contributed by atoms with van der Waals surface area (Å²) in [6.07, 6.45) is 0. The zero-order valence-corrected chi connectivity index (χ0v) is 8.17. The number of hydrogen-bond acceptors (Lipinski definition) is 3. The summed E-state index contributed by atoms with van der Waals surface area (Å²) in [6.45, 7) is -0.564. The quantitative estimate of drug-likeness (QED) is 0.625. The van der Waals surface area contributed by atoms with Crippen molar-refractivity contribution in [3.8, 4) is 0 Å². The molecule has 14 heavy (non-hydrogen) atoms. The molecule has 0 radical (unpaired) electrons. The van der Waals surface area contributed by atoms with E-state index in [1.165, 1.54) is 0 Å². The number of thiocarbonyl (C=S) groups is 1. The van der Waals surface area contributed by atoms with Crippen LogP contribution in [-0.2, 0) is 4.79 Å². The predicted molar refractivity (Wildman–Crippen MR) is 58.0 cm³/mol. The second-order valence-corrected chi connectivity index (χ2v) is 3.06. The fourth-order valence-electron chi connectivity index (χ4n) is 0.997. The Morgan fingerprint density at radius 3 is 2.71 bits per heavy atom. The van der Waals surface area contributed by atoms with E-state index >= 15 is 0 Å². The summed E-state index contributed by atoms with van der Waals surface area (Å²) in [5.41, 5.74) is 6.55. The lowest BCUT2D eigenvalue weighted by Crippen LogP contribution is -2.19. The summed E-state index contributed by atoms with van der Waals surface area (Å²) in [7, 11) is 0. The molecule has 74 valence electrons. The van der Waals surface area contributed by atoms with Crippen molar-refractivity contribution in [2.75, 3.05) is 11.9 Å². The van der Waals surface area contributed by atoms with Gasteiger partial charge in [0.05, 0.1) is 5.69 Å². The van der Waals surface area contributed by atoms with E-state index in [1.807, 2.05) is 0 Å². The zero-order valence-electron chi connectivity index (χ0n) is 7.36. The molecule has 0 aliphatic heterocycles. The molecule has 0 aliphatic rings. The summed E-state index contributed by atoms with van der Waals surface area (Å²) < 4.78 is 0. The average Bonchev–Trinajstić information content (AvgIpc) is 2.18. The third-order valence-corrected chi connectivity index (χ3v) is 1.83. The summed E-state index contributed by atoms with van der Waals surface area (Å²) in [6, 6.07) is 6.88. The molecule has 1 rings (SSSR count). The zero-order chi connectivity index (χ0) is 10.6. The van der Waals surface area contributed by atoms with Crippen LogP contribution in [0, 0.1) is 0 Å². The van der Waals surface area contributed by atoms with Crippen LogP contribution in [0.25, 0.3) is 0 Å². The van der Waals surface area contributed by atoms with Crippen LogP contribution in [0.4, 0.5) is 5.69 Å². The number of hydrogen-bond donors (Lipinski definition) is 3. The van der Waals surface area contributed by atoms with Gasteiger partial charge in [0, 0.05) is 5.56 Å². The Morgan fingerprint density at radius 1 is 1.50 bits per heavy atom. The third-order valence-electron chi connectivity index (χ3n) is 1.61. The number of aliphatic hydroxyl groups is 1. The highest BCUT2D eigenvalue weighted by Gasteiger charge is 2.06. The van der Waals surface area contributed by atoms with Crippen LogP contribution in [0.3, 0.4) is 0 Å². The van der Waals surface area contributed by atoms with Gasteiger partial charge in [-0.1, -0.05) is 24.4 Å². The molecule has 1 aromatic carbocycles. The maximum Gasteiger partial charge on any atom is 0.250 e. The van der Waals surface area contributed by atoms with Crippen LogP contribution in [0.1, 0.15) is 5.56 Å². The van der Waals surface area contributed by atoms with Gasteiger partial charge in [-0.25, -0.2) is 0 Å². The molecule has 0 atom stereocenters. The average molecular weight is 210 g/mol. The first-order chi connectivity index (χ1) is 6.65. The highest BCUT2D eigenvalue weighted by Crippen LogP contribution is 2.14. The Morgan fingerprint density at radius 2 is 2.14 bits per heavy atom. The molecule has 0 aromatic heterocycles. The monoisotopic (exact) mass is 210 g/mol. The molecular weight excluding hydrogens is 200 g/mol. The van der Waals surface area contributed by atoms with Gasteiger partial charge in [0.1, 0.15) is 11.6 Å². The van der Waals surface area contributed by atoms with E-state index in [-0.39, 0.29) is 4.99 Å². The van der Waals surface area contributed by atoms with Crippen molar-refractivity contribution in [3.05, 3.63) is 29.8 Å². The largest absolute Gasteiger partial charge is 0.389 e. The lowest BCUT2D eigenvalue weighted by molar-refractivity contribution is -0.118. The van der Waals surface area contributed by atoms with E-state index in [9.17, 15) is 4.79 Å². The van der Waals surface area contributed by atoms with E-state index in [0.717, 1.165) is 0 Å². The SMILES string of the molecule is NC(=S)c1ccccc1NC(=O)CO. The Balaban J connectivity index is 2.95. The summed E-state index contributed by atoms with van der Waals surface area (Å²) in [5, 5.41) is 11.0. The van der Waals surface area contributed by atoms with Crippen LogP contribution in [0.15, 0.2) is 24.3 Å². The fourth-order valence-corrected chi connectivity index (χ4v) is 1.17. The van der Waals surface area contributed by atoms with Crippen LogP contribution < -0.4 is 11.1 Å². The van der Waals surface area contributed by atoms with E-state index in [2.05, 4.69) is 5.32 Å². The van der Waals surface area contributed by atoms with Crippen molar-refractivity contribution in [1.82, 2.24) is 0 Å². The van der Waals surface area contributed by atoms with Gasteiger partial charge in [0.15, 0.2) is 0 Å². The number of nitrogens with two attached hydrogens (primary N) is 1. The Bertz CT molecular complexity index is 366. The molecule has 0 aliphatic carbocycles. The Labute approximate surface area is 86.7 Å². The van der Waals surface area contributed by atoms with Crippen LogP contribution >= 0.6 is 12.2 Å². The maximum absolute atomic E-state index is 10.9. The van der Waals surface area contributed by atoms with Crippen molar-refractivity contribution < 1.29 is 9.90 Å². The summed E-state index contributed by atoms with van der Waals surface area (Å²) in [4.78, 5) is 11.1. The first kappa shape index (κ1) is 10.6. The highest BCUT2D eigenvalue weighted by molar-refractivity contribution is 7.80. The number of carbonyl (C=O) groups excluding carboxylic acids is 1. The molecule has 0 spiro atoms. The molecule has 5 heteroatoms. The lowest BCUT2D eigenvalue weighted by atomic mass is 10.2. The van der Waals surface area contributed by atoms with Crippen molar-refractivity contribution in [2.45, 2.75) is 0 Å². The van der Waals surface area contributed by atoms with Gasteiger partial charge < -0.3 is 16.2 Å². The molecule has 0 saturated heterocycles. The topological polar surface area (TPSA) is 75.3 Å². The van der Waals surface area contributed by atoms with Gasteiger partial charge in [-0.2, -0.15) is 0 Å². The van der Waals surface area contributed by atoms with Gasteiger partial charge in [-0.3, -0.25) is 4.79 Å². The number of para-hydroxylation sites is 1. The molecule has 0 heterocycles. The number of nitrogens with one attached hydrogen (secondary N) is 1. The van der Waals surface area contributed by atoms with E-state index < -0.39 is 12.5 Å². The number of anilines is 1. The molecule has 1 aromatic rings. The van der Waals surface area contributed by atoms with E-state index in [1.54, 1.807) is 24.3 Å². The highest BCUT2D eigenvalue weighted by atomic mass is 32.1.